The molecule has 1 aliphatic carbocycles. The molecule has 0 radical (unpaired) electrons. The summed E-state index contributed by atoms with van der Waals surface area (Å²) in [6.45, 7) is 4.82. The molecule has 2 heteroatoms. The van der Waals surface area contributed by atoms with Crippen molar-refractivity contribution in [2.24, 2.45) is 0 Å². The maximum Gasteiger partial charge on any atom is 0.0462 e. The van der Waals surface area contributed by atoms with Crippen molar-refractivity contribution in [2.75, 3.05) is 4.90 Å². The minimum absolute atomic E-state index is 0.209. The second-order valence-electron chi connectivity index (χ2n) is 14.1. The summed E-state index contributed by atoms with van der Waals surface area (Å²) < 4.78 is 2.69. The molecule has 0 spiro atoms. The van der Waals surface area contributed by atoms with Crippen molar-refractivity contribution in [1.82, 2.24) is 0 Å². The highest BCUT2D eigenvalue weighted by Gasteiger charge is 2.37. The van der Waals surface area contributed by atoms with Gasteiger partial charge in [-0.3, -0.25) is 0 Å². The van der Waals surface area contributed by atoms with Crippen molar-refractivity contribution >= 4 is 59.3 Å². The van der Waals surface area contributed by atoms with E-state index < -0.39 is 0 Å². The van der Waals surface area contributed by atoms with Crippen molar-refractivity contribution < 1.29 is 0 Å². The Kier molecular flexibility index (Phi) is 6.78. The highest BCUT2D eigenvalue weighted by molar-refractivity contribution is 7.26. The first-order chi connectivity index (χ1) is 25.1. The number of nitrogens with zero attached hydrogens (tertiary/aromatic N) is 1. The van der Waals surface area contributed by atoms with Gasteiger partial charge < -0.3 is 4.90 Å². The van der Waals surface area contributed by atoms with Gasteiger partial charge in [0.05, 0.1) is 0 Å². The van der Waals surface area contributed by atoms with Gasteiger partial charge in [-0.2, -0.15) is 0 Å². The topological polar surface area (TPSA) is 3.24 Å². The zero-order valence-corrected chi connectivity index (χ0v) is 29.4. The summed E-state index contributed by atoms with van der Waals surface area (Å²) in [7, 11) is 0. The minimum atomic E-state index is -0.209. The van der Waals surface area contributed by atoms with E-state index in [1.807, 2.05) is 11.3 Å². The van der Waals surface area contributed by atoms with E-state index in [1.165, 1.54) is 75.5 Å². The van der Waals surface area contributed by atoms with E-state index in [9.17, 15) is 0 Å². The van der Waals surface area contributed by atoms with Gasteiger partial charge in [-0.1, -0.05) is 147 Å². The molecule has 1 aliphatic rings. The Labute approximate surface area is 302 Å². The summed E-state index contributed by atoms with van der Waals surface area (Å²) >= 11 is 1.91. The number of benzene rings is 8. The molecular formula is C49H35NS. The quantitative estimate of drug-likeness (QED) is 0.176. The largest absolute Gasteiger partial charge is 0.311 e. The van der Waals surface area contributed by atoms with Crippen LogP contribution >= 0.6 is 11.3 Å². The highest BCUT2D eigenvalue weighted by atomic mass is 32.1. The number of thiophene rings is 1. The van der Waals surface area contributed by atoms with E-state index in [0.29, 0.717) is 0 Å². The number of hydrogen-bond donors (Lipinski definition) is 0. The molecule has 0 saturated heterocycles. The fraction of sp³-hybridized carbons (Fsp3) is 0.0612. The molecule has 0 unspecified atom stereocenters. The molecule has 51 heavy (non-hydrogen) atoms. The average molecular weight is 670 g/mol. The zero-order valence-electron chi connectivity index (χ0n) is 28.6. The first kappa shape index (κ1) is 29.9. The second-order valence-corrected chi connectivity index (χ2v) is 15.1. The smallest absolute Gasteiger partial charge is 0.0462 e. The first-order valence-corrected chi connectivity index (χ1v) is 18.5. The van der Waals surface area contributed by atoms with Crippen LogP contribution in [0, 0.1) is 0 Å². The molecule has 242 valence electrons. The summed E-state index contributed by atoms with van der Waals surface area (Å²) in [5.74, 6) is 0. The zero-order chi connectivity index (χ0) is 34.1. The third kappa shape index (κ3) is 4.60. The van der Waals surface area contributed by atoms with Crippen molar-refractivity contribution in [3.05, 3.63) is 187 Å². The molecule has 1 aromatic heterocycles. The third-order valence-electron chi connectivity index (χ3n) is 10.8. The summed E-state index contributed by atoms with van der Waals surface area (Å²) in [6.07, 6.45) is 0. The Morgan fingerprint density at radius 1 is 0.451 bits per heavy atom. The SMILES string of the molecule is CC1(C)c2c(-c3ccc(N(c4ccccc4)c4ccccc4)cc3)cccc2-c2c(-c3cccc4c3sc3ccccc34)ccc3cccc1c23. The van der Waals surface area contributed by atoms with Gasteiger partial charge in [0, 0.05) is 48.2 Å². The lowest BCUT2D eigenvalue weighted by Gasteiger charge is -2.38. The van der Waals surface area contributed by atoms with Crippen LogP contribution in [0.25, 0.3) is 64.3 Å². The molecule has 0 N–H and O–H groups in total. The van der Waals surface area contributed by atoms with Crippen LogP contribution in [0.1, 0.15) is 25.0 Å². The van der Waals surface area contributed by atoms with Crippen molar-refractivity contribution in [1.29, 1.82) is 0 Å². The van der Waals surface area contributed by atoms with E-state index in [4.69, 9.17) is 0 Å². The number of fused-ring (bicyclic) bond motifs is 5. The molecule has 0 amide bonds. The molecule has 8 aromatic carbocycles. The standard InChI is InChI=1S/C49H35NS/c1-49(2)43-24-11-14-33-28-31-39(41-22-13-21-40-38-19-9-10-25-44(38)51-48(40)41)46(45(33)43)42-23-12-20-37(47(42)49)32-26-29-36(30-27-32)50(34-15-5-3-6-16-34)35-17-7-4-8-18-35/h3-31H,1-2H3. The number of para-hydroxylation sites is 2. The summed E-state index contributed by atoms with van der Waals surface area (Å²) in [5.41, 5.74) is 13.8. The van der Waals surface area contributed by atoms with Gasteiger partial charge in [-0.05, 0) is 92.2 Å². The molecule has 10 rings (SSSR count). The van der Waals surface area contributed by atoms with Crippen LogP contribution in [0.5, 0.6) is 0 Å². The minimum Gasteiger partial charge on any atom is -0.311 e. The van der Waals surface area contributed by atoms with E-state index in [1.54, 1.807) is 0 Å². The van der Waals surface area contributed by atoms with Crippen LogP contribution < -0.4 is 4.90 Å². The molecule has 9 aromatic rings. The van der Waals surface area contributed by atoms with Crippen LogP contribution in [0.3, 0.4) is 0 Å². The normalized spacial score (nSPS) is 13.1. The van der Waals surface area contributed by atoms with Crippen LogP contribution in [0.15, 0.2) is 176 Å². The average Bonchev–Trinajstić information content (AvgIpc) is 3.57. The molecule has 0 bridgehead atoms. The molecule has 1 heterocycles. The van der Waals surface area contributed by atoms with Gasteiger partial charge in [-0.25, -0.2) is 0 Å². The Morgan fingerprint density at radius 3 is 1.82 bits per heavy atom. The second kappa shape index (κ2) is 11.6. The van der Waals surface area contributed by atoms with E-state index in [0.717, 1.165) is 17.1 Å². The van der Waals surface area contributed by atoms with Gasteiger partial charge in [0.2, 0.25) is 0 Å². The molecular weight excluding hydrogens is 635 g/mol. The van der Waals surface area contributed by atoms with Crippen LogP contribution in [-0.4, -0.2) is 0 Å². The number of hydrogen-bond acceptors (Lipinski definition) is 2. The number of anilines is 3. The molecule has 0 atom stereocenters. The van der Waals surface area contributed by atoms with Crippen molar-refractivity contribution in [3.63, 3.8) is 0 Å². The van der Waals surface area contributed by atoms with Gasteiger partial charge >= 0.3 is 0 Å². The van der Waals surface area contributed by atoms with Gasteiger partial charge in [0.15, 0.2) is 0 Å². The molecule has 1 nitrogen and oxygen atoms in total. The monoisotopic (exact) mass is 669 g/mol. The Bertz CT molecular complexity index is 2720. The fourth-order valence-electron chi connectivity index (χ4n) is 8.56. The lowest BCUT2D eigenvalue weighted by Crippen LogP contribution is -2.25. The summed E-state index contributed by atoms with van der Waals surface area (Å²) in [5, 5.41) is 5.34. The first-order valence-electron chi connectivity index (χ1n) is 17.7. The van der Waals surface area contributed by atoms with Crippen LogP contribution in [0.4, 0.5) is 17.1 Å². The molecule has 0 saturated carbocycles. The Hall–Kier alpha value is -5.96. The lowest BCUT2D eigenvalue weighted by molar-refractivity contribution is 0.647. The van der Waals surface area contributed by atoms with Crippen molar-refractivity contribution in [2.45, 2.75) is 19.3 Å². The third-order valence-corrected chi connectivity index (χ3v) is 12.1. The lowest BCUT2D eigenvalue weighted by atomic mass is 9.65. The maximum absolute atomic E-state index is 2.41. The maximum atomic E-state index is 2.41. The predicted molar refractivity (Wildman–Crippen MR) is 220 cm³/mol. The Morgan fingerprint density at radius 2 is 1.06 bits per heavy atom. The Balaban J connectivity index is 1.18. The molecule has 0 fully saturated rings. The van der Waals surface area contributed by atoms with E-state index in [-0.39, 0.29) is 5.41 Å². The van der Waals surface area contributed by atoms with Crippen LogP contribution in [0.2, 0.25) is 0 Å². The highest BCUT2D eigenvalue weighted by Crippen LogP contribution is 2.55. The van der Waals surface area contributed by atoms with E-state index in [2.05, 4.69) is 195 Å². The summed E-state index contributed by atoms with van der Waals surface area (Å²) in [6, 6.07) is 64.6. The van der Waals surface area contributed by atoms with E-state index >= 15 is 0 Å². The van der Waals surface area contributed by atoms with Crippen LogP contribution in [-0.2, 0) is 5.41 Å². The van der Waals surface area contributed by atoms with Gasteiger partial charge in [-0.15, -0.1) is 11.3 Å². The van der Waals surface area contributed by atoms with Gasteiger partial charge in [0.25, 0.3) is 0 Å². The fourth-order valence-corrected chi connectivity index (χ4v) is 9.79. The number of rotatable bonds is 5. The van der Waals surface area contributed by atoms with Gasteiger partial charge in [0.1, 0.15) is 0 Å². The predicted octanol–water partition coefficient (Wildman–Crippen LogP) is 14.3. The summed E-state index contributed by atoms with van der Waals surface area (Å²) in [4.78, 5) is 2.33. The molecule has 0 aliphatic heterocycles. The van der Waals surface area contributed by atoms with Crippen molar-refractivity contribution in [3.8, 4) is 33.4 Å².